The van der Waals surface area contributed by atoms with E-state index in [1.54, 1.807) is 41.1 Å². The predicted octanol–water partition coefficient (Wildman–Crippen LogP) is 3.06. The van der Waals surface area contributed by atoms with Crippen LogP contribution in [0.1, 0.15) is 52.7 Å². The van der Waals surface area contributed by atoms with Crippen LogP contribution in [0.4, 0.5) is 4.39 Å². The van der Waals surface area contributed by atoms with Crippen molar-refractivity contribution in [1.82, 2.24) is 25.6 Å². The van der Waals surface area contributed by atoms with Crippen molar-refractivity contribution in [2.24, 2.45) is 0 Å². The molecule has 33 heavy (non-hydrogen) atoms. The molecule has 2 N–H and O–H groups in total. The Kier molecular flexibility index (Phi) is 6.97. The van der Waals surface area contributed by atoms with Gasteiger partial charge in [0, 0.05) is 24.2 Å². The molecule has 1 aliphatic rings. The Labute approximate surface area is 191 Å². The molecule has 0 aliphatic heterocycles. The first-order chi connectivity index (χ1) is 16.0. The van der Waals surface area contributed by atoms with Crippen LogP contribution in [0.3, 0.4) is 0 Å². The third kappa shape index (κ3) is 5.74. The van der Waals surface area contributed by atoms with Gasteiger partial charge >= 0.3 is 0 Å². The van der Waals surface area contributed by atoms with Crippen LogP contribution < -0.4 is 15.4 Å². The number of aromatic nitrogens is 3. The van der Waals surface area contributed by atoms with Crippen molar-refractivity contribution in [2.75, 3.05) is 13.2 Å². The number of carbonyl (C=O) groups excluding carboxylic acids is 2. The smallest absolute Gasteiger partial charge is 0.273 e. The van der Waals surface area contributed by atoms with Crippen LogP contribution in [0.5, 0.6) is 5.75 Å². The summed E-state index contributed by atoms with van der Waals surface area (Å²) in [4.78, 5) is 24.8. The number of benzene rings is 2. The fourth-order valence-electron chi connectivity index (χ4n) is 3.39. The molecule has 0 atom stereocenters. The fraction of sp³-hybridized carbons (Fsp3) is 0.333. The summed E-state index contributed by atoms with van der Waals surface area (Å²) in [5.41, 5.74) is 2.17. The summed E-state index contributed by atoms with van der Waals surface area (Å²) in [6, 6.07) is 13.1. The Bertz CT molecular complexity index is 1130. The number of halogens is 1. The number of hydrogen-bond donors (Lipinski definition) is 2. The summed E-state index contributed by atoms with van der Waals surface area (Å²) >= 11 is 0. The van der Waals surface area contributed by atoms with E-state index >= 15 is 0 Å². The molecular formula is C24H26FN5O3. The van der Waals surface area contributed by atoms with Gasteiger partial charge in [-0.1, -0.05) is 11.3 Å². The van der Waals surface area contributed by atoms with Crippen LogP contribution in [-0.2, 0) is 6.42 Å². The summed E-state index contributed by atoms with van der Waals surface area (Å²) in [5, 5.41) is 14.1. The Balaban J connectivity index is 1.50. The van der Waals surface area contributed by atoms with Gasteiger partial charge in [-0.05, 0) is 69.0 Å². The Morgan fingerprint density at radius 2 is 1.94 bits per heavy atom. The van der Waals surface area contributed by atoms with Crippen LogP contribution in [0, 0.1) is 5.82 Å². The number of amides is 2. The molecular weight excluding hydrogens is 425 g/mol. The van der Waals surface area contributed by atoms with Crippen molar-refractivity contribution in [3.05, 3.63) is 71.3 Å². The maximum Gasteiger partial charge on any atom is 0.273 e. The topological polar surface area (TPSA) is 98.1 Å². The van der Waals surface area contributed by atoms with E-state index < -0.39 is 0 Å². The predicted molar refractivity (Wildman–Crippen MR) is 120 cm³/mol. The van der Waals surface area contributed by atoms with Gasteiger partial charge in [0.25, 0.3) is 11.8 Å². The highest BCUT2D eigenvalue weighted by Crippen LogP contribution is 2.21. The summed E-state index contributed by atoms with van der Waals surface area (Å²) in [7, 11) is 0. The maximum absolute atomic E-state index is 13.3. The van der Waals surface area contributed by atoms with Gasteiger partial charge in [-0.3, -0.25) is 9.59 Å². The van der Waals surface area contributed by atoms with E-state index in [1.807, 2.05) is 6.92 Å². The summed E-state index contributed by atoms with van der Waals surface area (Å²) in [6.45, 7) is 2.75. The first-order valence-electron chi connectivity index (χ1n) is 11.1. The van der Waals surface area contributed by atoms with Crippen molar-refractivity contribution in [1.29, 1.82) is 0 Å². The minimum atomic E-state index is -0.357. The summed E-state index contributed by atoms with van der Waals surface area (Å²) < 4.78 is 20.6. The average molecular weight is 452 g/mol. The largest absolute Gasteiger partial charge is 0.493 e. The van der Waals surface area contributed by atoms with Gasteiger partial charge < -0.3 is 15.4 Å². The minimum Gasteiger partial charge on any atom is -0.493 e. The second kappa shape index (κ2) is 10.2. The molecule has 0 saturated heterocycles. The summed E-state index contributed by atoms with van der Waals surface area (Å²) in [6.07, 6.45) is 2.99. The van der Waals surface area contributed by atoms with Crippen LogP contribution >= 0.6 is 0 Å². The zero-order valence-corrected chi connectivity index (χ0v) is 18.4. The molecule has 0 radical (unpaired) electrons. The van der Waals surface area contributed by atoms with E-state index in [0.717, 1.165) is 12.8 Å². The molecule has 9 heteroatoms. The fourth-order valence-corrected chi connectivity index (χ4v) is 3.39. The van der Waals surface area contributed by atoms with Gasteiger partial charge in [0.05, 0.1) is 18.0 Å². The van der Waals surface area contributed by atoms with Crippen LogP contribution in [0.25, 0.3) is 5.69 Å². The molecule has 4 rings (SSSR count). The van der Waals surface area contributed by atoms with Crippen molar-refractivity contribution < 1.29 is 18.7 Å². The number of ether oxygens (including phenoxy) is 1. The standard InChI is InChI=1S/C24H26FN5O3/c1-2-26-23(31)16-8-12-19(13-9-16)30-21(22(28-29-30)24(32)27-18-10-11-18)7-4-14-33-20-6-3-5-17(25)15-20/h3,5-6,8-9,12-13,15,18H,2,4,7,10-11,14H2,1H3,(H,26,31)(H,27,32). The monoisotopic (exact) mass is 451 g/mol. The first-order valence-corrected chi connectivity index (χ1v) is 11.1. The Hall–Kier alpha value is -3.75. The molecule has 1 saturated carbocycles. The second-order valence-corrected chi connectivity index (χ2v) is 7.86. The van der Waals surface area contributed by atoms with Gasteiger partial charge in [0.1, 0.15) is 11.6 Å². The molecule has 2 amide bonds. The van der Waals surface area contributed by atoms with Crippen LogP contribution in [0.2, 0.25) is 0 Å². The number of hydrogen-bond acceptors (Lipinski definition) is 5. The molecule has 8 nitrogen and oxygen atoms in total. The second-order valence-electron chi connectivity index (χ2n) is 7.86. The van der Waals surface area contributed by atoms with Gasteiger partial charge in [-0.25, -0.2) is 9.07 Å². The number of rotatable bonds is 10. The lowest BCUT2D eigenvalue weighted by Gasteiger charge is -2.10. The molecule has 172 valence electrons. The lowest BCUT2D eigenvalue weighted by atomic mass is 10.1. The van der Waals surface area contributed by atoms with Gasteiger partial charge in [0.2, 0.25) is 0 Å². The van der Waals surface area contributed by atoms with E-state index in [2.05, 4.69) is 20.9 Å². The SMILES string of the molecule is CCNC(=O)c1ccc(-n2nnc(C(=O)NC3CC3)c2CCCOc2cccc(F)c2)cc1. The normalized spacial score (nSPS) is 12.9. The Morgan fingerprint density at radius 1 is 1.15 bits per heavy atom. The van der Waals surface area contributed by atoms with Crippen molar-refractivity contribution in [2.45, 2.75) is 38.6 Å². The van der Waals surface area contributed by atoms with E-state index in [9.17, 15) is 14.0 Å². The Morgan fingerprint density at radius 3 is 2.64 bits per heavy atom. The molecule has 3 aromatic rings. The summed E-state index contributed by atoms with van der Waals surface area (Å²) in [5.74, 6) is -0.301. The van der Waals surface area contributed by atoms with E-state index in [-0.39, 0.29) is 29.4 Å². The van der Waals surface area contributed by atoms with Gasteiger partial charge in [0.15, 0.2) is 5.69 Å². The lowest BCUT2D eigenvalue weighted by molar-refractivity contribution is 0.0940. The van der Waals surface area contributed by atoms with E-state index in [4.69, 9.17) is 4.74 Å². The highest BCUT2D eigenvalue weighted by molar-refractivity contribution is 5.94. The molecule has 2 aromatic carbocycles. The van der Waals surface area contributed by atoms with E-state index in [0.29, 0.717) is 48.7 Å². The van der Waals surface area contributed by atoms with Crippen LogP contribution in [0.15, 0.2) is 48.5 Å². The quantitative estimate of drug-likeness (QED) is 0.462. The zero-order valence-electron chi connectivity index (χ0n) is 18.4. The zero-order chi connectivity index (χ0) is 23.2. The number of nitrogens with zero attached hydrogens (tertiary/aromatic N) is 3. The van der Waals surface area contributed by atoms with E-state index in [1.165, 1.54) is 12.1 Å². The molecule has 0 bridgehead atoms. The highest BCUT2D eigenvalue weighted by Gasteiger charge is 2.27. The number of carbonyl (C=O) groups is 2. The highest BCUT2D eigenvalue weighted by atomic mass is 19.1. The van der Waals surface area contributed by atoms with Gasteiger partial charge in [-0.2, -0.15) is 0 Å². The third-order valence-corrected chi connectivity index (χ3v) is 5.22. The molecule has 0 spiro atoms. The third-order valence-electron chi connectivity index (χ3n) is 5.22. The maximum atomic E-state index is 13.3. The van der Waals surface area contributed by atoms with Crippen molar-refractivity contribution in [3.63, 3.8) is 0 Å². The minimum absolute atomic E-state index is 0.151. The average Bonchev–Trinajstić information content (AvgIpc) is 3.52. The molecule has 1 aromatic heterocycles. The van der Waals surface area contributed by atoms with Gasteiger partial charge in [-0.15, -0.1) is 5.10 Å². The molecule has 0 unspecified atom stereocenters. The molecule has 1 fully saturated rings. The first kappa shape index (κ1) is 22.4. The molecule has 1 aliphatic carbocycles. The lowest BCUT2D eigenvalue weighted by Crippen LogP contribution is -2.27. The molecule has 1 heterocycles. The van der Waals surface area contributed by atoms with Crippen molar-refractivity contribution >= 4 is 11.8 Å². The number of nitrogens with one attached hydrogen (secondary N) is 2. The van der Waals surface area contributed by atoms with Crippen LogP contribution in [-0.4, -0.2) is 46.0 Å². The van der Waals surface area contributed by atoms with Crippen molar-refractivity contribution in [3.8, 4) is 11.4 Å².